The minimum atomic E-state index is -0.627. The number of amides is 2. The van der Waals surface area contributed by atoms with Gasteiger partial charge in [-0.3, -0.25) is 19.8 Å². The summed E-state index contributed by atoms with van der Waals surface area (Å²) in [5, 5.41) is 2.45. The van der Waals surface area contributed by atoms with Crippen molar-refractivity contribution in [2.75, 3.05) is 12.0 Å². The lowest BCUT2D eigenvalue weighted by Gasteiger charge is -2.29. The van der Waals surface area contributed by atoms with E-state index < -0.39 is 17.6 Å². The first-order chi connectivity index (χ1) is 17.8. The third-order valence-corrected chi connectivity index (χ3v) is 5.99. The number of rotatable bonds is 8. The van der Waals surface area contributed by atoms with E-state index in [1.54, 1.807) is 12.1 Å². The number of carbonyl (C=O) groups excluding carboxylic acids is 2. The van der Waals surface area contributed by atoms with Crippen molar-refractivity contribution < 1.29 is 23.5 Å². The highest BCUT2D eigenvalue weighted by Gasteiger charge is 2.34. The van der Waals surface area contributed by atoms with Gasteiger partial charge < -0.3 is 9.47 Å². The topological polar surface area (TPSA) is 67.9 Å². The summed E-state index contributed by atoms with van der Waals surface area (Å²) in [6.07, 6.45) is 3.68. The Morgan fingerprint density at radius 1 is 1.11 bits per heavy atom. The Balaban J connectivity index is 1.69. The number of allylic oxidation sites excluding steroid dienone is 1. The van der Waals surface area contributed by atoms with Gasteiger partial charge in [0.15, 0.2) is 16.6 Å². The predicted molar refractivity (Wildman–Crippen MR) is 145 cm³/mol. The van der Waals surface area contributed by atoms with E-state index in [1.807, 2.05) is 37.3 Å². The van der Waals surface area contributed by atoms with Gasteiger partial charge >= 0.3 is 0 Å². The average Bonchev–Trinajstić information content (AvgIpc) is 2.87. The highest BCUT2D eigenvalue weighted by Crippen LogP contribution is 2.35. The minimum Gasteiger partial charge on any atom is -0.493 e. The minimum absolute atomic E-state index is 0.0800. The molecule has 0 bridgehead atoms. The van der Waals surface area contributed by atoms with Crippen molar-refractivity contribution >= 4 is 40.9 Å². The number of carbonyl (C=O) groups is 2. The monoisotopic (exact) mass is 516 g/mol. The van der Waals surface area contributed by atoms with Crippen LogP contribution in [0.5, 0.6) is 11.5 Å². The molecule has 1 aliphatic heterocycles. The van der Waals surface area contributed by atoms with Gasteiger partial charge in [0.25, 0.3) is 11.8 Å². The van der Waals surface area contributed by atoms with E-state index in [0.29, 0.717) is 35.8 Å². The molecule has 0 spiro atoms. The van der Waals surface area contributed by atoms with Gasteiger partial charge in [0.2, 0.25) is 0 Å². The molecule has 0 atom stereocenters. The molecule has 3 aromatic carbocycles. The fraction of sp³-hybridized carbons (Fsp3) is 0.138. The molecule has 1 heterocycles. The lowest BCUT2D eigenvalue weighted by atomic mass is 10.0. The number of ether oxygens (including phenoxy) is 2. The molecule has 1 fully saturated rings. The molecule has 188 valence electrons. The van der Waals surface area contributed by atoms with Gasteiger partial charge in [-0.05, 0) is 79.2 Å². The number of aryl methyl sites for hydroxylation is 1. The third kappa shape index (κ3) is 5.76. The second kappa shape index (κ2) is 11.2. The van der Waals surface area contributed by atoms with Crippen LogP contribution in [0, 0.1) is 12.7 Å². The lowest BCUT2D eigenvalue weighted by molar-refractivity contribution is -0.122. The molecular formula is C29H25FN2O4S. The number of benzene rings is 3. The number of hydrogen-bond donors (Lipinski definition) is 1. The largest absolute Gasteiger partial charge is 0.493 e. The molecule has 0 unspecified atom stereocenters. The second-order valence-electron chi connectivity index (χ2n) is 8.42. The highest BCUT2D eigenvalue weighted by molar-refractivity contribution is 7.80. The summed E-state index contributed by atoms with van der Waals surface area (Å²) in [5.41, 5.74) is 3.69. The van der Waals surface area contributed by atoms with Crippen LogP contribution in [0.15, 0.2) is 78.9 Å². The van der Waals surface area contributed by atoms with E-state index in [1.165, 1.54) is 37.5 Å². The third-order valence-electron chi connectivity index (χ3n) is 5.70. The van der Waals surface area contributed by atoms with Crippen LogP contribution >= 0.6 is 12.2 Å². The van der Waals surface area contributed by atoms with Crippen molar-refractivity contribution in [3.63, 3.8) is 0 Å². The first-order valence-corrected chi connectivity index (χ1v) is 11.9. The van der Waals surface area contributed by atoms with E-state index in [4.69, 9.17) is 21.7 Å². The van der Waals surface area contributed by atoms with Crippen LogP contribution in [0.1, 0.15) is 22.3 Å². The Bertz CT molecular complexity index is 1420. The maximum Gasteiger partial charge on any atom is 0.270 e. The molecule has 0 radical (unpaired) electrons. The van der Waals surface area contributed by atoms with Crippen LogP contribution in [0.25, 0.3) is 6.08 Å². The Morgan fingerprint density at radius 2 is 1.86 bits per heavy atom. The first kappa shape index (κ1) is 25.8. The van der Waals surface area contributed by atoms with Gasteiger partial charge in [0.05, 0.1) is 12.8 Å². The van der Waals surface area contributed by atoms with Crippen LogP contribution in [-0.4, -0.2) is 24.0 Å². The predicted octanol–water partition coefficient (Wildman–Crippen LogP) is 5.28. The van der Waals surface area contributed by atoms with E-state index in [0.717, 1.165) is 21.6 Å². The summed E-state index contributed by atoms with van der Waals surface area (Å²) in [6.45, 7) is 6.19. The summed E-state index contributed by atoms with van der Waals surface area (Å²) >= 11 is 5.21. The number of methoxy groups -OCH3 is 1. The number of anilines is 1. The Hall–Kier alpha value is -4.30. The standard InChI is InChI=1S/C29H25FN2O4S/c1-4-6-21-14-20(16-25(35-3)26(21)36-17-19-8-5-7-18(2)13-19)15-24-27(33)31-29(37)32(28(24)34)23-11-9-22(30)10-12-23/h4-5,7-16H,1,6,17H2,2-3H3,(H,31,33,37)/b24-15-. The fourth-order valence-electron chi connectivity index (χ4n) is 4.00. The lowest BCUT2D eigenvalue weighted by Crippen LogP contribution is -2.54. The molecule has 0 aliphatic carbocycles. The molecule has 1 aliphatic rings. The van der Waals surface area contributed by atoms with Crippen molar-refractivity contribution in [1.82, 2.24) is 5.32 Å². The summed E-state index contributed by atoms with van der Waals surface area (Å²) in [7, 11) is 1.52. The van der Waals surface area contributed by atoms with Crippen molar-refractivity contribution in [2.45, 2.75) is 20.0 Å². The summed E-state index contributed by atoms with van der Waals surface area (Å²) in [5.74, 6) is -0.694. The normalized spacial score (nSPS) is 14.5. The molecular weight excluding hydrogens is 491 g/mol. The molecule has 2 amide bonds. The molecule has 3 aromatic rings. The van der Waals surface area contributed by atoms with Crippen LogP contribution in [-0.2, 0) is 22.6 Å². The zero-order valence-corrected chi connectivity index (χ0v) is 21.2. The molecule has 37 heavy (non-hydrogen) atoms. The van der Waals surface area contributed by atoms with E-state index in [2.05, 4.69) is 11.9 Å². The maximum atomic E-state index is 13.4. The van der Waals surface area contributed by atoms with Crippen LogP contribution in [0.3, 0.4) is 0 Å². The van der Waals surface area contributed by atoms with E-state index >= 15 is 0 Å². The Labute approximate surface area is 220 Å². The van der Waals surface area contributed by atoms with Gasteiger partial charge in [0.1, 0.15) is 18.0 Å². The Morgan fingerprint density at radius 3 is 2.54 bits per heavy atom. The van der Waals surface area contributed by atoms with E-state index in [9.17, 15) is 14.0 Å². The number of halogens is 1. The molecule has 6 nitrogen and oxygen atoms in total. The molecule has 0 aromatic heterocycles. The number of hydrogen-bond acceptors (Lipinski definition) is 5. The van der Waals surface area contributed by atoms with Crippen LogP contribution in [0.2, 0.25) is 0 Å². The quantitative estimate of drug-likeness (QED) is 0.191. The van der Waals surface area contributed by atoms with Crippen molar-refractivity contribution in [1.29, 1.82) is 0 Å². The Kier molecular flexibility index (Phi) is 7.79. The second-order valence-corrected chi connectivity index (χ2v) is 8.80. The number of nitrogens with one attached hydrogen (secondary N) is 1. The summed E-state index contributed by atoms with van der Waals surface area (Å²) in [6, 6.07) is 16.8. The van der Waals surface area contributed by atoms with Gasteiger partial charge in [-0.1, -0.05) is 35.9 Å². The van der Waals surface area contributed by atoms with Crippen molar-refractivity contribution in [3.8, 4) is 11.5 Å². The molecule has 4 rings (SSSR count). The molecule has 8 heteroatoms. The van der Waals surface area contributed by atoms with Gasteiger partial charge in [0, 0.05) is 5.56 Å². The SMILES string of the molecule is C=CCc1cc(/C=C2/C(=O)NC(=S)N(c3ccc(F)cc3)C2=O)cc(OC)c1OCc1cccc(C)c1. The van der Waals surface area contributed by atoms with Crippen LogP contribution < -0.4 is 19.7 Å². The van der Waals surface area contributed by atoms with Gasteiger partial charge in [-0.2, -0.15) is 0 Å². The van der Waals surface area contributed by atoms with E-state index in [-0.39, 0.29) is 10.7 Å². The van der Waals surface area contributed by atoms with Crippen molar-refractivity contribution in [3.05, 3.63) is 107 Å². The number of nitrogens with zero attached hydrogens (tertiary/aromatic N) is 1. The summed E-state index contributed by atoms with van der Waals surface area (Å²) < 4.78 is 25.2. The van der Waals surface area contributed by atoms with Crippen molar-refractivity contribution in [2.24, 2.45) is 0 Å². The maximum absolute atomic E-state index is 13.4. The molecule has 1 saturated heterocycles. The molecule has 0 saturated carbocycles. The average molecular weight is 517 g/mol. The fourth-order valence-corrected chi connectivity index (χ4v) is 4.28. The first-order valence-electron chi connectivity index (χ1n) is 11.5. The highest BCUT2D eigenvalue weighted by atomic mass is 32.1. The van der Waals surface area contributed by atoms with Gasteiger partial charge in [-0.25, -0.2) is 4.39 Å². The summed E-state index contributed by atoms with van der Waals surface area (Å²) in [4.78, 5) is 27.2. The molecule has 1 N–H and O–H groups in total. The zero-order chi connectivity index (χ0) is 26.5. The van der Waals surface area contributed by atoms with Crippen LogP contribution in [0.4, 0.5) is 10.1 Å². The smallest absolute Gasteiger partial charge is 0.270 e. The zero-order valence-electron chi connectivity index (χ0n) is 20.4. The van der Waals surface area contributed by atoms with Gasteiger partial charge in [-0.15, -0.1) is 6.58 Å². The number of thiocarbonyl (C=S) groups is 1.